The Morgan fingerprint density at radius 3 is 2.76 bits per heavy atom. The lowest BCUT2D eigenvalue weighted by molar-refractivity contribution is -0.138. The van der Waals surface area contributed by atoms with Crippen LogP contribution in [0.2, 0.25) is 0 Å². The summed E-state index contributed by atoms with van der Waals surface area (Å²) in [6.45, 7) is 1.20. The van der Waals surface area contributed by atoms with Crippen LogP contribution >= 0.6 is 0 Å². The summed E-state index contributed by atoms with van der Waals surface area (Å²) in [6.07, 6.45) is -0.684. The molecule has 3 atom stereocenters. The molecule has 1 aromatic heterocycles. The number of carbonyl (C=O) groups is 1. The fourth-order valence-electron chi connectivity index (χ4n) is 4.87. The number of nitrogens with one attached hydrogen (secondary N) is 1. The third-order valence-corrected chi connectivity index (χ3v) is 7.07. The van der Waals surface area contributed by atoms with E-state index in [2.05, 4.69) is 31.2 Å². The lowest BCUT2D eigenvalue weighted by atomic mass is 10.0. The summed E-state index contributed by atoms with van der Waals surface area (Å²) in [7, 11) is 0. The van der Waals surface area contributed by atoms with Gasteiger partial charge in [0.15, 0.2) is 12.0 Å². The first-order chi connectivity index (χ1) is 20.0. The molecular weight excluding hydrogens is 533 g/mol. The molecule has 0 radical (unpaired) electrons. The van der Waals surface area contributed by atoms with Gasteiger partial charge < -0.3 is 34.8 Å². The molecule has 3 aromatic rings. The van der Waals surface area contributed by atoms with Crippen molar-refractivity contribution >= 4 is 23.2 Å². The first-order valence-electron chi connectivity index (χ1n) is 13.2. The number of carbonyl (C=O) groups excluding carboxylic acids is 1. The largest absolute Gasteiger partial charge is 0.486 e. The molecule has 214 valence electrons. The molecule has 2 fully saturated rings. The molecule has 2 aromatic carbocycles. The highest BCUT2D eigenvalue weighted by Gasteiger charge is 2.33. The minimum atomic E-state index is -1.46. The Kier molecular flexibility index (Phi) is 8.83. The van der Waals surface area contributed by atoms with Gasteiger partial charge in [-0.1, -0.05) is 0 Å². The maximum atomic E-state index is 14.7. The topological polar surface area (TPSA) is 157 Å². The van der Waals surface area contributed by atoms with Crippen LogP contribution in [-0.2, 0) is 9.53 Å². The number of piperidine rings is 1. The zero-order chi connectivity index (χ0) is 28.8. The van der Waals surface area contributed by atoms with E-state index >= 15 is 0 Å². The number of alkyl halides is 1. The van der Waals surface area contributed by atoms with Crippen molar-refractivity contribution in [2.45, 2.75) is 24.7 Å². The van der Waals surface area contributed by atoms with E-state index in [1.54, 1.807) is 18.2 Å². The van der Waals surface area contributed by atoms with Gasteiger partial charge in [-0.25, -0.2) is 14.4 Å². The van der Waals surface area contributed by atoms with Crippen molar-refractivity contribution in [3.63, 3.8) is 0 Å². The van der Waals surface area contributed by atoms with Gasteiger partial charge in [0.25, 0.3) is 0 Å². The van der Waals surface area contributed by atoms with Gasteiger partial charge in [0.1, 0.15) is 30.9 Å². The molecule has 0 aliphatic carbocycles. The molecule has 0 saturated carbocycles. The number of hydrogen-bond donors (Lipinski definition) is 3. The molecule has 12 nitrogen and oxygen atoms in total. The molecule has 2 saturated heterocycles. The maximum absolute atomic E-state index is 14.7. The molecule has 13 heteroatoms. The summed E-state index contributed by atoms with van der Waals surface area (Å²) in [4.78, 5) is 28.0. The molecule has 0 bridgehead atoms. The van der Waals surface area contributed by atoms with Crippen molar-refractivity contribution < 1.29 is 28.9 Å². The third kappa shape index (κ3) is 6.51. The molecule has 2 aliphatic heterocycles. The Morgan fingerprint density at radius 1 is 1.20 bits per heavy atom. The quantitative estimate of drug-likeness (QED) is 0.366. The summed E-state index contributed by atoms with van der Waals surface area (Å²) in [6, 6.07) is 14.5. The summed E-state index contributed by atoms with van der Waals surface area (Å²) in [5.74, 6) is 0.341. The van der Waals surface area contributed by atoms with Gasteiger partial charge >= 0.3 is 0 Å². The standard InChI is InChI=1S/C28H30FN7O5/c29-23-13-35(26(39)15-38)8-7-25(23)41-24-6-1-18(11-19(24)12-30)27-31-17-32-28(34-27)33-20-2-4-21(5-3-20)36-9-10-40-16-22(36)14-37/h1-6,11,17,22-23,25,37-38H,7-10,13-16H2,(H,31,32,33,34). The summed E-state index contributed by atoms with van der Waals surface area (Å²) in [5.41, 5.74) is 2.48. The summed E-state index contributed by atoms with van der Waals surface area (Å²) >= 11 is 0. The zero-order valence-electron chi connectivity index (χ0n) is 22.2. The van der Waals surface area contributed by atoms with E-state index < -0.39 is 24.8 Å². The van der Waals surface area contributed by atoms with Crippen molar-refractivity contribution in [1.29, 1.82) is 5.26 Å². The third-order valence-electron chi connectivity index (χ3n) is 7.07. The second kappa shape index (κ2) is 12.9. The molecule has 3 N–H and O–H groups in total. The van der Waals surface area contributed by atoms with Crippen LogP contribution in [0.4, 0.5) is 21.7 Å². The molecule has 0 spiro atoms. The summed E-state index contributed by atoms with van der Waals surface area (Å²) < 4.78 is 26.0. The van der Waals surface area contributed by atoms with Gasteiger partial charge in [-0.15, -0.1) is 0 Å². The molecule has 5 rings (SSSR count). The van der Waals surface area contributed by atoms with Crippen LogP contribution in [0.3, 0.4) is 0 Å². The number of halogens is 1. The number of rotatable bonds is 8. The number of nitrogens with zero attached hydrogens (tertiary/aromatic N) is 6. The Hall–Kier alpha value is -4.38. The average Bonchev–Trinajstić information content (AvgIpc) is 3.02. The fraction of sp³-hybridized carbons (Fsp3) is 0.393. The minimum absolute atomic E-state index is 0.0114. The Bertz CT molecular complexity index is 1400. The van der Waals surface area contributed by atoms with Crippen molar-refractivity contribution in [3.05, 3.63) is 54.4 Å². The van der Waals surface area contributed by atoms with E-state index in [4.69, 9.17) is 14.6 Å². The molecule has 2 aliphatic rings. The minimum Gasteiger partial charge on any atom is -0.486 e. The van der Waals surface area contributed by atoms with Gasteiger partial charge in [-0.05, 0) is 42.5 Å². The number of aliphatic hydroxyl groups is 2. The first-order valence-corrected chi connectivity index (χ1v) is 13.2. The predicted molar refractivity (Wildman–Crippen MR) is 146 cm³/mol. The van der Waals surface area contributed by atoms with Crippen LogP contribution < -0.4 is 15.0 Å². The number of morpholine rings is 1. The Balaban J connectivity index is 1.26. The lowest BCUT2D eigenvalue weighted by Gasteiger charge is -2.36. The van der Waals surface area contributed by atoms with Crippen LogP contribution in [-0.4, -0.2) is 100 Å². The second-order valence-electron chi connectivity index (χ2n) is 9.69. The first kappa shape index (κ1) is 28.2. The highest BCUT2D eigenvalue weighted by Crippen LogP contribution is 2.29. The van der Waals surface area contributed by atoms with E-state index in [1.807, 2.05) is 24.3 Å². The van der Waals surface area contributed by atoms with E-state index in [0.717, 1.165) is 11.4 Å². The van der Waals surface area contributed by atoms with Gasteiger partial charge in [-0.2, -0.15) is 10.2 Å². The predicted octanol–water partition coefficient (Wildman–Crippen LogP) is 1.66. The highest BCUT2D eigenvalue weighted by atomic mass is 19.1. The maximum Gasteiger partial charge on any atom is 0.248 e. The van der Waals surface area contributed by atoms with Crippen LogP contribution in [0.25, 0.3) is 11.4 Å². The number of anilines is 3. The Labute approximate surface area is 236 Å². The van der Waals surface area contributed by atoms with E-state index in [1.165, 1.54) is 11.2 Å². The number of benzene rings is 2. The summed E-state index contributed by atoms with van der Waals surface area (Å²) in [5, 5.41) is 31.5. The molecule has 3 unspecified atom stereocenters. The van der Waals surface area contributed by atoms with Gasteiger partial charge in [0.2, 0.25) is 11.9 Å². The number of nitriles is 1. The van der Waals surface area contributed by atoms with E-state index in [0.29, 0.717) is 37.1 Å². The highest BCUT2D eigenvalue weighted by molar-refractivity contribution is 5.77. The van der Waals surface area contributed by atoms with Gasteiger partial charge in [0, 0.05) is 36.4 Å². The lowest BCUT2D eigenvalue weighted by Crippen LogP contribution is -2.50. The molecule has 41 heavy (non-hydrogen) atoms. The van der Waals surface area contributed by atoms with Crippen molar-refractivity contribution in [3.8, 4) is 23.2 Å². The fourth-order valence-corrected chi connectivity index (χ4v) is 4.87. The van der Waals surface area contributed by atoms with Crippen molar-refractivity contribution in [2.75, 3.05) is 56.3 Å². The Morgan fingerprint density at radius 2 is 2.02 bits per heavy atom. The number of amides is 1. The average molecular weight is 564 g/mol. The van der Waals surface area contributed by atoms with E-state index in [-0.39, 0.29) is 43.5 Å². The van der Waals surface area contributed by atoms with Crippen LogP contribution in [0.15, 0.2) is 48.8 Å². The number of aliphatic hydroxyl groups excluding tert-OH is 2. The van der Waals surface area contributed by atoms with Crippen LogP contribution in [0.5, 0.6) is 5.75 Å². The van der Waals surface area contributed by atoms with Gasteiger partial charge in [-0.3, -0.25) is 4.79 Å². The van der Waals surface area contributed by atoms with Crippen molar-refractivity contribution in [1.82, 2.24) is 19.9 Å². The number of ether oxygens (including phenoxy) is 2. The SMILES string of the molecule is N#Cc1cc(-c2ncnc(Nc3ccc(N4CCOCC4CO)cc3)n2)ccc1OC1CCN(C(=O)CO)CC1F. The van der Waals surface area contributed by atoms with Crippen LogP contribution in [0.1, 0.15) is 12.0 Å². The smallest absolute Gasteiger partial charge is 0.248 e. The molecule has 3 heterocycles. The monoisotopic (exact) mass is 563 g/mol. The number of aromatic nitrogens is 3. The van der Waals surface area contributed by atoms with Crippen LogP contribution in [0, 0.1) is 11.3 Å². The van der Waals surface area contributed by atoms with E-state index in [9.17, 15) is 19.6 Å². The number of likely N-dealkylation sites (tertiary alicyclic amines) is 1. The van der Waals surface area contributed by atoms with Crippen molar-refractivity contribution in [2.24, 2.45) is 0 Å². The molecular formula is C28H30FN7O5. The second-order valence-corrected chi connectivity index (χ2v) is 9.69. The normalized spacial score (nSPS) is 20.8. The molecule has 1 amide bonds. The van der Waals surface area contributed by atoms with Gasteiger partial charge in [0.05, 0.1) is 38.0 Å². The zero-order valence-corrected chi connectivity index (χ0v) is 22.2. The number of hydrogen-bond acceptors (Lipinski definition) is 11.